The highest BCUT2D eigenvalue weighted by molar-refractivity contribution is 6.34. The molecule has 0 spiro atoms. The Bertz CT molecular complexity index is 433. The minimum atomic E-state index is 0.667. The number of benzene rings is 1. The monoisotopic (exact) mass is 206 g/mol. The molecule has 0 saturated heterocycles. The molecule has 1 aromatic rings. The van der Waals surface area contributed by atoms with Crippen LogP contribution in [0.5, 0.6) is 0 Å². The van der Waals surface area contributed by atoms with E-state index in [1.54, 1.807) is 0 Å². The largest absolute Gasteiger partial charge is 0.255 e. The lowest BCUT2D eigenvalue weighted by atomic mass is 10.2. The van der Waals surface area contributed by atoms with E-state index in [1.807, 2.05) is 32.0 Å². The zero-order chi connectivity index (χ0) is 10.1. The van der Waals surface area contributed by atoms with Crippen LogP contribution < -0.4 is 0 Å². The molecule has 0 amide bonds. The highest BCUT2D eigenvalue weighted by atomic mass is 35.5. The molecule has 0 radical (unpaired) electrons. The van der Waals surface area contributed by atoms with E-state index in [0.29, 0.717) is 5.02 Å². The Morgan fingerprint density at radius 2 is 1.86 bits per heavy atom. The predicted octanol–water partition coefficient (Wildman–Crippen LogP) is 3.93. The van der Waals surface area contributed by atoms with E-state index in [2.05, 4.69) is 9.98 Å². The van der Waals surface area contributed by atoms with Crippen molar-refractivity contribution in [2.45, 2.75) is 20.3 Å². The Hall–Kier alpha value is -1.15. The van der Waals surface area contributed by atoms with Gasteiger partial charge in [0.15, 0.2) is 0 Å². The Morgan fingerprint density at radius 3 is 2.64 bits per heavy atom. The van der Waals surface area contributed by atoms with Crippen LogP contribution in [0.4, 0.5) is 11.4 Å². The highest BCUT2D eigenvalue weighted by Gasteiger charge is 2.10. The first-order valence-electron chi connectivity index (χ1n) is 4.53. The average molecular weight is 207 g/mol. The lowest BCUT2D eigenvalue weighted by Crippen LogP contribution is -1.97. The molecule has 0 atom stereocenters. The molecule has 0 unspecified atom stereocenters. The number of hydrogen-bond donors (Lipinski definition) is 0. The van der Waals surface area contributed by atoms with E-state index in [1.165, 1.54) is 0 Å². The molecule has 1 heterocycles. The maximum absolute atomic E-state index is 6.05. The molecule has 0 fully saturated rings. The second kappa shape index (κ2) is 3.54. The van der Waals surface area contributed by atoms with Gasteiger partial charge in [-0.3, -0.25) is 9.98 Å². The minimum absolute atomic E-state index is 0.667. The summed E-state index contributed by atoms with van der Waals surface area (Å²) in [6.45, 7) is 4.01. The first-order valence-corrected chi connectivity index (χ1v) is 4.91. The first kappa shape index (κ1) is 9.41. The van der Waals surface area contributed by atoms with Crippen LogP contribution in [-0.4, -0.2) is 11.4 Å². The first-order chi connectivity index (χ1) is 6.66. The fraction of sp³-hybridized carbons (Fsp3) is 0.273. The smallest absolute Gasteiger partial charge is 0.107 e. The van der Waals surface area contributed by atoms with Crippen molar-refractivity contribution in [2.75, 3.05) is 0 Å². The third kappa shape index (κ3) is 1.70. The van der Waals surface area contributed by atoms with Crippen LogP contribution >= 0.6 is 11.6 Å². The molecule has 14 heavy (non-hydrogen) atoms. The summed E-state index contributed by atoms with van der Waals surface area (Å²) in [5.41, 5.74) is 3.79. The number of nitrogens with zero attached hydrogens (tertiary/aromatic N) is 2. The summed E-state index contributed by atoms with van der Waals surface area (Å²) in [6, 6.07) is 5.67. The summed E-state index contributed by atoms with van der Waals surface area (Å²) < 4.78 is 0. The van der Waals surface area contributed by atoms with Crippen molar-refractivity contribution in [3.05, 3.63) is 23.2 Å². The van der Waals surface area contributed by atoms with Crippen molar-refractivity contribution >= 4 is 34.4 Å². The van der Waals surface area contributed by atoms with Crippen molar-refractivity contribution < 1.29 is 0 Å². The number of fused-ring (bicyclic) bond motifs is 1. The average Bonchev–Trinajstić information content (AvgIpc) is 2.23. The number of para-hydroxylation sites is 1. The Balaban J connectivity index is 2.67. The Labute approximate surface area is 88.3 Å². The molecule has 2 rings (SSSR count). The molecule has 72 valence electrons. The molecule has 3 heteroatoms. The van der Waals surface area contributed by atoms with Gasteiger partial charge in [-0.05, 0) is 26.0 Å². The van der Waals surface area contributed by atoms with Crippen LogP contribution in [0.15, 0.2) is 28.2 Å². The fourth-order valence-electron chi connectivity index (χ4n) is 1.55. The van der Waals surface area contributed by atoms with Crippen LogP contribution in [0.2, 0.25) is 5.02 Å². The van der Waals surface area contributed by atoms with Gasteiger partial charge in [0.2, 0.25) is 0 Å². The van der Waals surface area contributed by atoms with Crippen LogP contribution in [-0.2, 0) is 0 Å². The van der Waals surface area contributed by atoms with E-state index in [4.69, 9.17) is 11.6 Å². The van der Waals surface area contributed by atoms with E-state index < -0.39 is 0 Å². The third-order valence-corrected chi connectivity index (χ3v) is 2.40. The normalized spacial score (nSPS) is 15.4. The molecule has 1 aliphatic heterocycles. The van der Waals surface area contributed by atoms with Crippen molar-refractivity contribution in [2.24, 2.45) is 9.98 Å². The zero-order valence-electron chi connectivity index (χ0n) is 8.21. The molecule has 0 bridgehead atoms. The molecule has 0 N–H and O–H groups in total. The maximum atomic E-state index is 6.05. The standard InChI is InChI=1S/C11H11ClN2/c1-7-6-8(2)14-11-9(12)4-3-5-10(11)13-7/h3-5H,6H2,1-2H3. The molecular weight excluding hydrogens is 196 g/mol. The van der Waals surface area contributed by atoms with Crippen LogP contribution in [0.25, 0.3) is 0 Å². The van der Waals surface area contributed by atoms with Crippen molar-refractivity contribution in [3.8, 4) is 0 Å². The summed E-state index contributed by atoms with van der Waals surface area (Å²) in [4.78, 5) is 8.93. The van der Waals surface area contributed by atoms with Gasteiger partial charge in [0.1, 0.15) is 5.69 Å². The zero-order valence-corrected chi connectivity index (χ0v) is 8.97. The van der Waals surface area contributed by atoms with Gasteiger partial charge in [0.05, 0.1) is 10.7 Å². The van der Waals surface area contributed by atoms with E-state index in [-0.39, 0.29) is 0 Å². The van der Waals surface area contributed by atoms with Gasteiger partial charge in [-0.1, -0.05) is 17.7 Å². The van der Waals surface area contributed by atoms with Gasteiger partial charge in [0.25, 0.3) is 0 Å². The van der Waals surface area contributed by atoms with Gasteiger partial charge in [0, 0.05) is 17.8 Å². The van der Waals surface area contributed by atoms with E-state index >= 15 is 0 Å². The van der Waals surface area contributed by atoms with Gasteiger partial charge in [-0.25, -0.2) is 0 Å². The SMILES string of the molecule is CC1=Nc2cccc(Cl)c2N=C(C)C1. The number of rotatable bonds is 0. The number of aliphatic imine (C=N–C) groups is 2. The fourth-order valence-corrected chi connectivity index (χ4v) is 1.76. The summed E-state index contributed by atoms with van der Waals surface area (Å²) >= 11 is 6.05. The summed E-state index contributed by atoms with van der Waals surface area (Å²) in [7, 11) is 0. The van der Waals surface area contributed by atoms with Crippen LogP contribution in [0.1, 0.15) is 20.3 Å². The van der Waals surface area contributed by atoms with Gasteiger partial charge >= 0.3 is 0 Å². The van der Waals surface area contributed by atoms with Crippen molar-refractivity contribution in [3.63, 3.8) is 0 Å². The Morgan fingerprint density at radius 1 is 1.14 bits per heavy atom. The van der Waals surface area contributed by atoms with Crippen LogP contribution in [0, 0.1) is 0 Å². The minimum Gasteiger partial charge on any atom is -0.255 e. The maximum Gasteiger partial charge on any atom is 0.107 e. The second-order valence-corrected chi connectivity index (χ2v) is 3.89. The lowest BCUT2D eigenvalue weighted by Gasteiger charge is -2.00. The molecule has 1 aromatic carbocycles. The highest BCUT2D eigenvalue weighted by Crippen LogP contribution is 2.36. The summed E-state index contributed by atoms with van der Waals surface area (Å²) in [6.07, 6.45) is 0.824. The number of halogens is 1. The van der Waals surface area contributed by atoms with Crippen molar-refractivity contribution in [1.29, 1.82) is 0 Å². The molecule has 0 aromatic heterocycles. The van der Waals surface area contributed by atoms with Crippen LogP contribution in [0.3, 0.4) is 0 Å². The summed E-state index contributed by atoms with van der Waals surface area (Å²) in [5.74, 6) is 0. The molecule has 0 aliphatic carbocycles. The molecule has 2 nitrogen and oxygen atoms in total. The third-order valence-electron chi connectivity index (χ3n) is 2.09. The summed E-state index contributed by atoms with van der Waals surface area (Å²) in [5, 5.41) is 0.667. The van der Waals surface area contributed by atoms with Gasteiger partial charge in [-0.2, -0.15) is 0 Å². The van der Waals surface area contributed by atoms with Gasteiger partial charge < -0.3 is 0 Å². The Kier molecular flexibility index (Phi) is 2.38. The quantitative estimate of drug-likeness (QED) is 0.615. The predicted molar refractivity (Wildman–Crippen MR) is 61.6 cm³/mol. The molecule has 1 aliphatic rings. The second-order valence-electron chi connectivity index (χ2n) is 3.48. The topological polar surface area (TPSA) is 24.7 Å². The van der Waals surface area contributed by atoms with E-state index in [0.717, 1.165) is 29.2 Å². The van der Waals surface area contributed by atoms with E-state index in [9.17, 15) is 0 Å². The number of hydrogen-bond acceptors (Lipinski definition) is 2. The van der Waals surface area contributed by atoms with Gasteiger partial charge in [-0.15, -0.1) is 0 Å². The van der Waals surface area contributed by atoms with Crippen molar-refractivity contribution in [1.82, 2.24) is 0 Å². The molecular formula is C11H11ClN2. The molecule has 0 saturated carbocycles. The lowest BCUT2D eigenvalue weighted by molar-refractivity contribution is 1.44.